The molecule has 0 bridgehead atoms. The molecule has 0 aromatic heterocycles. The minimum Gasteiger partial charge on any atom is -0.342 e. The standard InChI is InChI=1S/C20H19NO3S/c1-11-3-4-17-16(5-11)19(22)21-20(17)8-18(20)15-7-14-10-25(23,24)9-13(14)6-12(15)2/h3-7,18H,8-10H2,1-2H3,(H,21,22). The van der Waals surface area contributed by atoms with Gasteiger partial charge in [0, 0.05) is 11.5 Å². The van der Waals surface area contributed by atoms with E-state index in [4.69, 9.17) is 0 Å². The van der Waals surface area contributed by atoms with Crippen LogP contribution in [0.25, 0.3) is 0 Å². The number of hydrogen-bond donors (Lipinski definition) is 1. The Morgan fingerprint density at radius 3 is 2.56 bits per heavy atom. The zero-order chi connectivity index (χ0) is 17.6. The molecule has 1 saturated carbocycles. The van der Waals surface area contributed by atoms with Gasteiger partial charge in [-0.25, -0.2) is 8.42 Å². The second kappa shape index (κ2) is 4.52. The molecule has 4 nitrogen and oxygen atoms in total. The maximum absolute atomic E-state index is 12.4. The van der Waals surface area contributed by atoms with Crippen LogP contribution in [0.1, 0.15) is 56.1 Å². The smallest absolute Gasteiger partial charge is 0.252 e. The summed E-state index contributed by atoms with van der Waals surface area (Å²) in [5.41, 5.74) is 6.79. The highest BCUT2D eigenvalue weighted by atomic mass is 32.2. The lowest BCUT2D eigenvalue weighted by molar-refractivity contribution is 0.0951. The van der Waals surface area contributed by atoms with Crippen LogP contribution in [0.3, 0.4) is 0 Å². The third-order valence-corrected chi connectivity index (χ3v) is 7.41. The molecule has 2 unspecified atom stereocenters. The van der Waals surface area contributed by atoms with Gasteiger partial charge in [0.25, 0.3) is 5.91 Å². The third-order valence-electron chi connectivity index (χ3n) is 5.91. The Morgan fingerprint density at radius 2 is 1.80 bits per heavy atom. The van der Waals surface area contributed by atoms with E-state index >= 15 is 0 Å². The highest BCUT2D eigenvalue weighted by molar-refractivity contribution is 7.90. The molecule has 5 rings (SSSR count). The zero-order valence-corrected chi connectivity index (χ0v) is 15.0. The third kappa shape index (κ3) is 2.05. The number of nitrogens with one attached hydrogen (secondary N) is 1. The number of carbonyl (C=O) groups excluding carboxylic acids is 1. The fraction of sp³-hybridized carbons (Fsp3) is 0.350. The average Bonchev–Trinajstić information content (AvgIpc) is 3.04. The Kier molecular flexibility index (Phi) is 2.74. The summed E-state index contributed by atoms with van der Waals surface area (Å²) in [6.45, 7) is 4.04. The van der Waals surface area contributed by atoms with Crippen LogP contribution in [0.15, 0.2) is 30.3 Å². The van der Waals surface area contributed by atoms with Crippen molar-refractivity contribution in [3.63, 3.8) is 0 Å². The monoisotopic (exact) mass is 353 g/mol. The van der Waals surface area contributed by atoms with Gasteiger partial charge in [-0.05, 0) is 54.2 Å². The Bertz CT molecular complexity index is 1070. The number of sulfone groups is 1. The number of fused-ring (bicyclic) bond motifs is 3. The molecule has 1 N–H and O–H groups in total. The van der Waals surface area contributed by atoms with E-state index < -0.39 is 9.84 Å². The van der Waals surface area contributed by atoms with Crippen LogP contribution < -0.4 is 5.32 Å². The van der Waals surface area contributed by atoms with Gasteiger partial charge in [0.2, 0.25) is 0 Å². The molecule has 2 aromatic carbocycles. The topological polar surface area (TPSA) is 63.2 Å². The van der Waals surface area contributed by atoms with Gasteiger partial charge in [-0.1, -0.05) is 29.8 Å². The average molecular weight is 353 g/mol. The lowest BCUT2D eigenvalue weighted by atomic mass is 9.93. The fourth-order valence-electron chi connectivity index (χ4n) is 4.65. The second-order valence-corrected chi connectivity index (χ2v) is 9.81. The van der Waals surface area contributed by atoms with Crippen molar-refractivity contribution in [3.8, 4) is 0 Å². The first-order valence-corrected chi connectivity index (χ1v) is 10.4. The quantitative estimate of drug-likeness (QED) is 0.857. The van der Waals surface area contributed by atoms with Gasteiger partial charge < -0.3 is 5.32 Å². The maximum Gasteiger partial charge on any atom is 0.252 e. The Hall–Kier alpha value is -2.14. The van der Waals surface area contributed by atoms with Crippen LogP contribution in [0.4, 0.5) is 0 Å². The van der Waals surface area contributed by atoms with E-state index in [1.807, 2.05) is 26.0 Å². The van der Waals surface area contributed by atoms with Crippen LogP contribution in [0.5, 0.6) is 0 Å². The molecular weight excluding hydrogens is 334 g/mol. The summed E-state index contributed by atoms with van der Waals surface area (Å²) in [4.78, 5) is 12.4. The van der Waals surface area contributed by atoms with E-state index in [9.17, 15) is 13.2 Å². The van der Waals surface area contributed by atoms with Gasteiger partial charge in [0.15, 0.2) is 9.84 Å². The van der Waals surface area contributed by atoms with Crippen molar-refractivity contribution >= 4 is 15.7 Å². The molecule has 2 heterocycles. The molecule has 1 spiro atoms. The molecule has 0 radical (unpaired) electrons. The number of amides is 1. The summed E-state index contributed by atoms with van der Waals surface area (Å²) >= 11 is 0. The van der Waals surface area contributed by atoms with Crippen LogP contribution in [-0.4, -0.2) is 14.3 Å². The number of hydrogen-bond acceptors (Lipinski definition) is 3. The van der Waals surface area contributed by atoms with Gasteiger partial charge >= 0.3 is 0 Å². The molecule has 1 amide bonds. The van der Waals surface area contributed by atoms with Gasteiger partial charge in [0.05, 0.1) is 17.0 Å². The van der Waals surface area contributed by atoms with Crippen molar-refractivity contribution in [1.82, 2.24) is 5.32 Å². The minimum atomic E-state index is -3.00. The Morgan fingerprint density at radius 1 is 1.08 bits per heavy atom. The van der Waals surface area contributed by atoms with Gasteiger partial charge in [-0.15, -0.1) is 0 Å². The lowest BCUT2D eigenvalue weighted by Crippen LogP contribution is -2.27. The van der Waals surface area contributed by atoms with E-state index in [0.717, 1.165) is 39.8 Å². The van der Waals surface area contributed by atoms with Crippen molar-refractivity contribution in [1.29, 1.82) is 0 Å². The highest BCUT2D eigenvalue weighted by Gasteiger charge is 2.61. The molecule has 2 atom stereocenters. The molecule has 2 aromatic rings. The van der Waals surface area contributed by atoms with E-state index in [0.29, 0.717) is 0 Å². The van der Waals surface area contributed by atoms with Crippen molar-refractivity contribution in [2.45, 2.75) is 43.2 Å². The first kappa shape index (κ1) is 15.1. The Labute approximate surface area is 147 Å². The molecule has 3 aliphatic rings. The van der Waals surface area contributed by atoms with Gasteiger partial charge in [-0.2, -0.15) is 0 Å². The van der Waals surface area contributed by atoms with Crippen molar-refractivity contribution < 1.29 is 13.2 Å². The molecule has 25 heavy (non-hydrogen) atoms. The Balaban J connectivity index is 1.58. The summed E-state index contributed by atoms with van der Waals surface area (Å²) in [6, 6.07) is 10.2. The molecule has 128 valence electrons. The van der Waals surface area contributed by atoms with Gasteiger partial charge in [-0.3, -0.25) is 4.79 Å². The first-order chi connectivity index (χ1) is 11.8. The van der Waals surface area contributed by atoms with Crippen molar-refractivity contribution in [2.75, 3.05) is 0 Å². The summed E-state index contributed by atoms with van der Waals surface area (Å²) < 4.78 is 23.9. The van der Waals surface area contributed by atoms with Crippen molar-refractivity contribution in [2.24, 2.45) is 0 Å². The molecule has 5 heteroatoms. The van der Waals surface area contributed by atoms with Crippen molar-refractivity contribution in [3.05, 3.63) is 69.3 Å². The second-order valence-electron chi connectivity index (χ2n) is 7.74. The SMILES string of the molecule is Cc1ccc2c(c1)C(=O)NC21CC1c1cc2c(cc1C)CS(=O)(=O)C2. The summed E-state index contributed by atoms with van der Waals surface area (Å²) in [7, 11) is -3.00. The van der Waals surface area contributed by atoms with E-state index in [1.54, 1.807) is 0 Å². The predicted molar refractivity (Wildman–Crippen MR) is 95.2 cm³/mol. The van der Waals surface area contributed by atoms with Gasteiger partial charge in [0.1, 0.15) is 0 Å². The van der Waals surface area contributed by atoms with E-state index in [1.165, 1.54) is 5.56 Å². The molecule has 2 aliphatic heterocycles. The molecule has 1 fully saturated rings. The summed E-state index contributed by atoms with van der Waals surface area (Å²) in [5, 5.41) is 3.20. The number of benzene rings is 2. The zero-order valence-electron chi connectivity index (χ0n) is 14.2. The largest absolute Gasteiger partial charge is 0.342 e. The normalized spacial score (nSPS) is 27.9. The molecular formula is C20H19NO3S. The minimum absolute atomic E-state index is 0.00240. The highest BCUT2D eigenvalue weighted by Crippen LogP contribution is 2.62. The maximum atomic E-state index is 12.4. The van der Waals surface area contributed by atoms with Crippen LogP contribution >= 0.6 is 0 Å². The molecule has 1 aliphatic carbocycles. The van der Waals surface area contributed by atoms with Crippen LogP contribution in [-0.2, 0) is 26.9 Å². The number of aryl methyl sites for hydroxylation is 2. The number of carbonyl (C=O) groups is 1. The van der Waals surface area contributed by atoms with E-state index in [-0.39, 0.29) is 28.9 Å². The predicted octanol–water partition coefficient (Wildman–Crippen LogP) is 2.86. The number of rotatable bonds is 1. The van der Waals surface area contributed by atoms with E-state index in [2.05, 4.69) is 23.5 Å². The first-order valence-electron chi connectivity index (χ1n) is 8.55. The summed E-state index contributed by atoms with van der Waals surface area (Å²) in [5.74, 6) is 0.506. The lowest BCUT2D eigenvalue weighted by Gasteiger charge is -2.15. The molecule has 0 saturated heterocycles. The fourth-order valence-corrected chi connectivity index (χ4v) is 6.23. The van der Waals surface area contributed by atoms with Crippen LogP contribution in [0.2, 0.25) is 0 Å². The van der Waals surface area contributed by atoms with Crippen LogP contribution in [0, 0.1) is 13.8 Å². The summed E-state index contributed by atoms with van der Waals surface area (Å²) in [6.07, 6.45) is 0.876.